The van der Waals surface area contributed by atoms with E-state index >= 15 is 0 Å². The van der Waals surface area contributed by atoms with Crippen LogP contribution in [0, 0.1) is 6.92 Å². The lowest BCUT2D eigenvalue weighted by atomic mass is 10.3. The Balaban J connectivity index is 1.93. The highest BCUT2D eigenvalue weighted by Gasteiger charge is 2.24. The summed E-state index contributed by atoms with van der Waals surface area (Å²) in [5.41, 5.74) is 0.725. The molecule has 1 fully saturated rings. The Kier molecular flexibility index (Phi) is 4.31. The molecule has 2 heterocycles. The van der Waals surface area contributed by atoms with Crippen LogP contribution in [0.15, 0.2) is 0 Å². The van der Waals surface area contributed by atoms with Gasteiger partial charge in [0.2, 0.25) is 0 Å². The highest BCUT2D eigenvalue weighted by molar-refractivity contribution is 7.07. The molecule has 17 heavy (non-hydrogen) atoms. The minimum Gasteiger partial charge on any atom is -0.335 e. The molecular weight excluding hydrogens is 260 g/mol. The van der Waals surface area contributed by atoms with Crippen LogP contribution in [-0.4, -0.2) is 63.9 Å². The van der Waals surface area contributed by atoms with E-state index in [9.17, 15) is 4.79 Å². The van der Waals surface area contributed by atoms with Crippen molar-refractivity contribution in [3.05, 3.63) is 10.6 Å². The number of carbonyl (C=O) groups is 1. The average Bonchev–Trinajstić information content (AvgIpc) is 2.76. The predicted molar refractivity (Wildman–Crippen MR) is 67.7 cm³/mol. The molecule has 1 aromatic heterocycles. The van der Waals surface area contributed by atoms with Crippen molar-refractivity contribution in [3.8, 4) is 0 Å². The van der Waals surface area contributed by atoms with Crippen molar-refractivity contribution in [1.82, 2.24) is 19.4 Å². The van der Waals surface area contributed by atoms with Gasteiger partial charge in [-0.15, -0.1) is 16.7 Å². The standard InChI is InChI=1S/C10H15ClN4OS/c1-8-9(17-13-12-8)10(16)15-6-4-14(3-2-11)5-7-15/h2-7H2,1H3. The van der Waals surface area contributed by atoms with Gasteiger partial charge in [-0.2, -0.15) is 0 Å². The zero-order chi connectivity index (χ0) is 12.3. The van der Waals surface area contributed by atoms with E-state index in [1.807, 2.05) is 11.8 Å². The first-order valence-electron chi connectivity index (χ1n) is 5.59. The van der Waals surface area contributed by atoms with Gasteiger partial charge in [0.15, 0.2) is 0 Å². The molecule has 7 heteroatoms. The van der Waals surface area contributed by atoms with Crippen molar-refractivity contribution in [2.75, 3.05) is 38.6 Å². The normalized spacial score (nSPS) is 17.4. The molecule has 1 aromatic rings. The number of rotatable bonds is 3. The smallest absolute Gasteiger partial charge is 0.267 e. The molecule has 2 rings (SSSR count). The van der Waals surface area contributed by atoms with Crippen LogP contribution in [0.5, 0.6) is 0 Å². The molecule has 1 aliphatic rings. The molecule has 0 unspecified atom stereocenters. The number of amides is 1. The number of aromatic nitrogens is 2. The molecule has 0 atom stereocenters. The Hall–Kier alpha value is -0.720. The maximum atomic E-state index is 12.2. The minimum absolute atomic E-state index is 0.0584. The van der Waals surface area contributed by atoms with Crippen LogP contribution in [0.25, 0.3) is 0 Å². The molecule has 0 radical (unpaired) electrons. The van der Waals surface area contributed by atoms with E-state index in [1.54, 1.807) is 0 Å². The molecule has 0 aliphatic carbocycles. The third kappa shape index (κ3) is 2.94. The summed E-state index contributed by atoms with van der Waals surface area (Å²) >= 11 is 6.87. The van der Waals surface area contributed by atoms with Gasteiger partial charge in [0.25, 0.3) is 5.91 Å². The average molecular weight is 275 g/mol. The summed E-state index contributed by atoms with van der Waals surface area (Å²) in [6, 6.07) is 0. The van der Waals surface area contributed by atoms with Crippen LogP contribution in [0.3, 0.4) is 0 Å². The Labute approximate surface area is 110 Å². The lowest BCUT2D eigenvalue weighted by molar-refractivity contribution is 0.0648. The molecule has 0 saturated carbocycles. The van der Waals surface area contributed by atoms with E-state index in [-0.39, 0.29) is 5.91 Å². The van der Waals surface area contributed by atoms with Gasteiger partial charge in [-0.25, -0.2) is 0 Å². The summed E-state index contributed by atoms with van der Waals surface area (Å²) in [7, 11) is 0. The first-order chi connectivity index (χ1) is 8.22. The van der Waals surface area contributed by atoms with Crippen molar-refractivity contribution < 1.29 is 4.79 Å². The Morgan fingerprint density at radius 2 is 2.12 bits per heavy atom. The fourth-order valence-electron chi connectivity index (χ4n) is 1.87. The number of carbonyl (C=O) groups excluding carboxylic acids is 1. The van der Waals surface area contributed by atoms with E-state index < -0.39 is 0 Å². The van der Waals surface area contributed by atoms with Gasteiger partial charge in [-0.05, 0) is 18.5 Å². The number of hydrogen-bond donors (Lipinski definition) is 0. The lowest BCUT2D eigenvalue weighted by Crippen LogP contribution is -2.49. The molecule has 1 amide bonds. The molecule has 0 N–H and O–H groups in total. The van der Waals surface area contributed by atoms with E-state index in [0.717, 1.165) is 38.4 Å². The summed E-state index contributed by atoms with van der Waals surface area (Å²) < 4.78 is 3.80. The third-order valence-electron chi connectivity index (χ3n) is 2.91. The molecule has 0 bridgehead atoms. The topological polar surface area (TPSA) is 49.3 Å². The van der Waals surface area contributed by atoms with Crippen LogP contribution in [0.4, 0.5) is 0 Å². The minimum atomic E-state index is 0.0584. The first-order valence-corrected chi connectivity index (χ1v) is 6.89. The van der Waals surface area contributed by atoms with Crippen LogP contribution in [0.2, 0.25) is 0 Å². The third-order valence-corrected chi connectivity index (χ3v) is 3.89. The number of alkyl halides is 1. The Bertz CT molecular complexity index is 389. The molecular formula is C10H15ClN4OS. The van der Waals surface area contributed by atoms with Crippen molar-refractivity contribution in [2.24, 2.45) is 0 Å². The quantitative estimate of drug-likeness (QED) is 0.767. The van der Waals surface area contributed by atoms with Crippen LogP contribution in [0.1, 0.15) is 15.4 Å². The number of piperazine rings is 1. The second kappa shape index (κ2) is 5.75. The fourth-order valence-corrected chi connectivity index (χ4v) is 2.73. The van der Waals surface area contributed by atoms with Gasteiger partial charge in [0.05, 0.1) is 5.69 Å². The molecule has 94 valence electrons. The number of nitrogens with zero attached hydrogens (tertiary/aromatic N) is 4. The fraction of sp³-hybridized carbons (Fsp3) is 0.700. The number of halogens is 1. The van der Waals surface area contributed by atoms with Gasteiger partial charge in [-0.1, -0.05) is 4.49 Å². The SMILES string of the molecule is Cc1nnsc1C(=O)N1CCN(CCCl)CC1. The van der Waals surface area contributed by atoms with Crippen molar-refractivity contribution in [3.63, 3.8) is 0 Å². The highest BCUT2D eigenvalue weighted by atomic mass is 35.5. The Morgan fingerprint density at radius 1 is 1.41 bits per heavy atom. The maximum absolute atomic E-state index is 12.2. The van der Waals surface area contributed by atoms with Gasteiger partial charge in [-0.3, -0.25) is 9.69 Å². The van der Waals surface area contributed by atoms with E-state index in [2.05, 4.69) is 14.5 Å². The van der Waals surface area contributed by atoms with Crippen LogP contribution < -0.4 is 0 Å². The molecule has 1 aliphatic heterocycles. The molecule has 0 aromatic carbocycles. The molecule has 1 saturated heterocycles. The van der Waals surface area contributed by atoms with Crippen LogP contribution >= 0.6 is 23.1 Å². The summed E-state index contributed by atoms with van der Waals surface area (Å²) in [6.07, 6.45) is 0. The summed E-state index contributed by atoms with van der Waals surface area (Å²) in [6.45, 7) is 6.01. The van der Waals surface area contributed by atoms with Crippen molar-refractivity contribution in [1.29, 1.82) is 0 Å². The van der Waals surface area contributed by atoms with Gasteiger partial charge in [0, 0.05) is 38.6 Å². The molecule has 0 spiro atoms. The number of hydrogen-bond acceptors (Lipinski definition) is 5. The molecule has 5 nitrogen and oxygen atoms in total. The van der Waals surface area contributed by atoms with Crippen molar-refractivity contribution >= 4 is 29.0 Å². The maximum Gasteiger partial charge on any atom is 0.267 e. The highest BCUT2D eigenvalue weighted by Crippen LogP contribution is 2.14. The first kappa shape index (κ1) is 12.7. The zero-order valence-electron chi connectivity index (χ0n) is 9.73. The predicted octanol–water partition coefficient (Wildman–Crippen LogP) is 0.843. The Morgan fingerprint density at radius 3 is 2.65 bits per heavy atom. The summed E-state index contributed by atoms with van der Waals surface area (Å²) in [5, 5.41) is 3.87. The van der Waals surface area contributed by atoms with Gasteiger partial charge >= 0.3 is 0 Å². The van der Waals surface area contributed by atoms with Gasteiger partial charge in [0.1, 0.15) is 4.88 Å². The van der Waals surface area contributed by atoms with E-state index in [4.69, 9.17) is 11.6 Å². The summed E-state index contributed by atoms with van der Waals surface area (Å²) in [5.74, 6) is 0.703. The summed E-state index contributed by atoms with van der Waals surface area (Å²) in [4.78, 5) is 17.0. The van der Waals surface area contributed by atoms with E-state index in [1.165, 1.54) is 11.5 Å². The second-order valence-electron chi connectivity index (χ2n) is 4.01. The largest absolute Gasteiger partial charge is 0.335 e. The lowest BCUT2D eigenvalue weighted by Gasteiger charge is -2.34. The van der Waals surface area contributed by atoms with Crippen LogP contribution in [-0.2, 0) is 0 Å². The number of aryl methyl sites for hydroxylation is 1. The monoisotopic (exact) mass is 274 g/mol. The van der Waals surface area contributed by atoms with Crippen molar-refractivity contribution in [2.45, 2.75) is 6.92 Å². The second-order valence-corrected chi connectivity index (χ2v) is 5.14. The zero-order valence-corrected chi connectivity index (χ0v) is 11.3. The van der Waals surface area contributed by atoms with E-state index in [0.29, 0.717) is 10.8 Å². The van der Waals surface area contributed by atoms with Gasteiger partial charge < -0.3 is 4.90 Å².